The zero-order valence-corrected chi connectivity index (χ0v) is 11.7. The third-order valence-electron chi connectivity index (χ3n) is 3.32. The maximum atomic E-state index is 12.9. The molecule has 2 heterocycles. The number of halogens is 3. The molecule has 116 valence electrons. The molecule has 1 amide bonds. The standard InChI is InChI=1S/C12H16F3N5O/c1-19(2)9-5-8(12(13,14)15)17-11(18-9)20-4-3-7(6-20)10(16)21/h5,7H,3-4,6H2,1-2H3,(H2,16,21). The average Bonchev–Trinajstić information content (AvgIpc) is 2.86. The van der Waals surface area contributed by atoms with Crippen molar-refractivity contribution in [3.8, 4) is 0 Å². The van der Waals surface area contributed by atoms with Gasteiger partial charge in [-0.05, 0) is 6.42 Å². The molecule has 1 saturated heterocycles. The molecule has 0 aromatic carbocycles. The normalized spacial score (nSPS) is 18.9. The molecule has 21 heavy (non-hydrogen) atoms. The van der Waals surface area contributed by atoms with E-state index >= 15 is 0 Å². The van der Waals surface area contributed by atoms with E-state index in [0.717, 1.165) is 6.07 Å². The fourth-order valence-corrected chi connectivity index (χ4v) is 2.11. The van der Waals surface area contributed by atoms with Crippen LogP contribution in [0.5, 0.6) is 0 Å². The first-order chi connectivity index (χ1) is 9.68. The Hall–Kier alpha value is -2.06. The van der Waals surface area contributed by atoms with Crippen molar-refractivity contribution in [1.82, 2.24) is 9.97 Å². The van der Waals surface area contributed by atoms with Crippen LogP contribution in [0.15, 0.2) is 6.07 Å². The van der Waals surface area contributed by atoms with Crippen LogP contribution >= 0.6 is 0 Å². The summed E-state index contributed by atoms with van der Waals surface area (Å²) in [5.41, 5.74) is 4.22. The van der Waals surface area contributed by atoms with Crippen molar-refractivity contribution in [2.45, 2.75) is 12.6 Å². The molecule has 1 atom stereocenters. The molecule has 2 N–H and O–H groups in total. The first kappa shape index (κ1) is 15.3. The van der Waals surface area contributed by atoms with Crippen molar-refractivity contribution in [2.24, 2.45) is 11.7 Å². The molecule has 0 bridgehead atoms. The lowest BCUT2D eigenvalue weighted by Crippen LogP contribution is -2.29. The summed E-state index contributed by atoms with van der Waals surface area (Å²) < 4.78 is 38.7. The molecule has 1 aliphatic rings. The minimum absolute atomic E-state index is 0.0303. The van der Waals surface area contributed by atoms with E-state index in [1.807, 2.05) is 0 Å². The highest BCUT2D eigenvalue weighted by Gasteiger charge is 2.35. The van der Waals surface area contributed by atoms with Crippen molar-refractivity contribution >= 4 is 17.7 Å². The van der Waals surface area contributed by atoms with Crippen LogP contribution in [0.25, 0.3) is 0 Å². The highest BCUT2D eigenvalue weighted by Crippen LogP contribution is 2.32. The van der Waals surface area contributed by atoms with E-state index in [2.05, 4.69) is 9.97 Å². The van der Waals surface area contributed by atoms with Gasteiger partial charge in [-0.2, -0.15) is 18.2 Å². The van der Waals surface area contributed by atoms with E-state index in [1.54, 1.807) is 19.0 Å². The molecule has 9 heteroatoms. The first-order valence-corrected chi connectivity index (χ1v) is 6.36. The number of amides is 1. The van der Waals surface area contributed by atoms with Crippen LogP contribution in [-0.2, 0) is 11.0 Å². The van der Waals surface area contributed by atoms with Crippen LogP contribution in [0.1, 0.15) is 12.1 Å². The van der Waals surface area contributed by atoms with Gasteiger partial charge in [0.1, 0.15) is 5.82 Å². The maximum Gasteiger partial charge on any atom is 0.433 e. The van der Waals surface area contributed by atoms with Gasteiger partial charge < -0.3 is 15.5 Å². The molecular weight excluding hydrogens is 287 g/mol. The fraction of sp³-hybridized carbons (Fsp3) is 0.583. The smallest absolute Gasteiger partial charge is 0.369 e. The SMILES string of the molecule is CN(C)c1cc(C(F)(F)F)nc(N2CCC(C(N)=O)C2)n1. The summed E-state index contributed by atoms with van der Waals surface area (Å²) in [6, 6.07) is 0.894. The maximum absolute atomic E-state index is 12.9. The van der Waals surface area contributed by atoms with Gasteiger partial charge in [0.05, 0.1) is 5.92 Å². The van der Waals surface area contributed by atoms with E-state index in [1.165, 1.54) is 4.90 Å². The highest BCUT2D eigenvalue weighted by atomic mass is 19.4. The van der Waals surface area contributed by atoms with Crippen LogP contribution in [0.3, 0.4) is 0 Å². The summed E-state index contributed by atoms with van der Waals surface area (Å²) in [6.45, 7) is 0.644. The Balaban J connectivity index is 2.35. The molecule has 1 aromatic rings. The molecule has 0 radical (unpaired) electrons. The van der Waals surface area contributed by atoms with Crippen LogP contribution in [-0.4, -0.2) is 43.1 Å². The van der Waals surface area contributed by atoms with E-state index < -0.39 is 17.8 Å². The van der Waals surface area contributed by atoms with Gasteiger partial charge in [-0.3, -0.25) is 4.79 Å². The van der Waals surface area contributed by atoms with E-state index in [9.17, 15) is 18.0 Å². The Kier molecular flexibility index (Phi) is 3.93. The number of carbonyl (C=O) groups excluding carboxylic acids is 1. The quantitative estimate of drug-likeness (QED) is 0.897. The van der Waals surface area contributed by atoms with Crippen LogP contribution in [0.4, 0.5) is 24.9 Å². The summed E-state index contributed by atoms with van der Waals surface area (Å²) in [5.74, 6) is -0.713. The van der Waals surface area contributed by atoms with Crippen molar-refractivity contribution in [1.29, 1.82) is 0 Å². The highest BCUT2D eigenvalue weighted by molar-refractivity contribution is 5.78. The number of aromatic nitrogens is 2. The second-order valence-corrected chi connectivity index (χ2v) is 5.14. The largest absolute Gasteiger partial charge is 0.433 e. The second kappa shape index (κ2) is 5.38. The molecule has 1 aromatic heterocycles. The molecule has 0 saturated carbocycles. The predicted molar refractivity (Wildman–Crippen MR) is 70.9 cm³/mol. The number of nitrogens with two attached hydrogens (primary N) is 1. The van der Waals surface area contributed by atoms with Gasteiger partial charge in [0.15, 0.2) is 5.69 Å². The van der Waals surface area contributed by atoms with Gasteiger partial charge in [0, 0.05) is 33.3 Å². The minimum atomic E-state index is -4.55. The second-order valence-electron chi connectivity index (χ2n) is 5.14. The Bertz CT molecular complexity index is 546. The molecule has 6 nitrogen and oxygen atoms in total. The summed E-state index contributed by atoms with van der Waals surface area (Å²) in [7, 11) is 3.20. The summed E-state index contributed by atoms with van der Waals surface area (Å²) >= 11 is 0. The Morgan fingerprint density at radius 2 is 2.10 bits per heavy atom. The number of nitrogens with zero attached hydrogens (tertiary/aromatic N) is 4. The number of alkyl halides is 3. The van der Waals surface area contributed by atoms with Gasteiger partial charge >= 0.3 is 6.18 Å². The van der Waals surface area contributed by atoms with Gasteiger partial charge in [-0.1, -0.05) is 0 Å². The Morgan fingerprint density at radius 1 is 1.43 bits per heavy atom. The lowest BCUT2D eigenvalue weighted by molar-refractivity contribution is -0.141. The van der Waals surface area contributed by atoms with Crippen molar-refractivity contribution in [3.05, 3.63) is 11.8 Å². The summed E-state index contributed by atoms with van der Waals surface area (Å²) in [6.07, 6.45) is -4.06. The van der Waals surface area contributed by atoms with Crippen LogP contribution in [0.2, 0.25) is 0 Å². The monoisotopic (exact) mass is 303 g/mol. The number of hydrogen-bond acceptors (Lipinski definition) is 5. The molecule has 1 unspecified atom stereocenters. The van der Waals surface area contributed by atoms with E-state index in [0.29, 0.717) is 13.0 Å². The van der Waals surface area contributed by atoms with Gasteiger partial charge in [-0.25, -0.2) is 4.98 Å². The lowest BCUT2D eigenvalue weighted by atomic mass is 10.1. The zero-order chi connectivity index (χ0) is 15.8. The number of primary amides is 1. The molecule has 2 rings (SSSR count). The van der Waals surface area contributed by atoms with Gasteiger partial charge in [-0.15, -0.1) is 0 Å². The molecule has 1 fully saturated rings. The average molecular weight is 303 g/mol. The molecule has 0 spiro atoms. The Labute approximate surface area is 119 Å². The predicted octanol–water partition coefficient (Wildman–Crippen LogP) is 0.873. The fourth-order valence-electron chi connectivity index (χ4n) is 2.11. The van der Waals surface area contributed by atoms with Crippen molar-refractivity contribution in [2.75, 3.05) is 37.0 Å². The topological polar surface area (TPSA) is 75.3 Å². The third-order valence-corrected chi connectivity index (χ3v) is 3.32. The van der Waals surface area contributed by atoms with E-state index in [4.69, 9.17) is 5.73 Å². The summed E-state index contributed by atoms with van der Waals surface area (Å²) in [4.78, 5) is 21.9. The Morgan fingerprint density at radius 3 is 2.57 bits per heavy atom. The van der Waals surface area contributed by atoms with Gasteiger partial charge in [0.25, 0.3) is 0 Å². The van der Waals surface area contributed by atoms with Crippen molar-refractivity contribution in [3.63, 3.8) is 0 Å². The number of carbonyl (C=O) groups is 1. The first-order valence-electron chi connectivity index (χ1n) is 6.36. The van der Waals surface area contributed by atoms with E-state index in [-0.39, 0.29) is 24.2 Å². The third kappa shape index (κ3) is 3.34. The number of anilines is 2. The zero-order valence-electron chi connectivity index (χ0n) is 11.7. The molecule has 0 aliphatic carbocycles. The number of hydrogen-bond donors (Lipinski definition) is 1. The van der Waals surface area contributed by atoms with Crippen molar-refractivity contribution < 1.29 is 18.0 Å². The summed E-state index contributed by atoms with van der Waals surface area (Å²) in [5, 5.41) is 0. The lowest BCUT2D eigenvalue weighted by Gasteiger charge is -2.20. The number of rotatable bonds is 3. The molecule has 1 aliphatic heterocycles. The van der Waals surface area contributed by atoms with Crippen LogP contribution in [0, 0.1) is 5.92 Å². The van der Waals surface area contributed by atoms with Gasteiger partial charge in [0.2, 0.25) is 11.9 Å². The molecular formula is C12H16F3N5O. The van der Waals surface area contributed by atoms with Crippen LogP contribution < -0.4 is 15.5 Å². The minimum Gasteiger partial charge on any atom is -0.369 e.